The van der Waals surface area contributed by atoms with Crippen LogP contribution in [0.5, 0.6) is 0 Å². The molecule has 1 N–H and O–H groups in total. The number of benzene rings is 1. The van der Waals surface area contributed by atoms with E-state index in [1.165, 1.54) is 5.56 Å². The lowest BCUT2D eigenvalue weighted by Crippen LogP contribution is -2.04. The first kappa shape index (κ1) is 12.4. The van der Waals surface area contributed by atoms with Gasteiger partial charge in [-0.25, -0.2) is 4.68 Å². The van der Waals surface area contributed by atoms with E-state index in [1.807, 2.05) is 20.0 Å². The first-order valence-corrected chi connectivity index (χ1v) is 5.82. The molecule has 0 aliphatic heterocycles. The Balaban J connectivity index is 2.43. The van der Waals surface area contributed by atoms with Crippen LogP contribution in [-0.2, 0) is 11.2 Å². The number of carboxylic acid groups (broad SMARTS) is 1. The molecule has 0 saturated carbocycles. The summed E-state index contributed by atoms with van der Waals surface area (Å²) >= 11 is 0. The van der Waals surface area contributed by atoms with Gasteiger partial charge in [0.05, 0.1) is 17.8 Å². The lowest BCUT2D eigenvalue weighted by atomic mass is 10.1. The van der Waals surface area contributed by atoms with Crippen molar-refractivity contribution >= 4 is 5.97 Å². The predicted octanol–water partition coefficient (Wildman–Crippen LogP) is 2.42. The van der Waals surface area contributed by atoms with Crippen LogP contribution in [0.3, 0.4) is 0 Å². The molecule has 0 amide bonds. The minimum Gasteiger partial charge on any atom is -0.481 e. The maximum Gasteiger partial charge on any atom is 0.309 e. The van der Waals surface area contributed by atoms with Gasteiger partial charge in [0.1, 0.15) is 0 Å². The monoisotopic (exact) mass is 244 g/mol. The fourth-order valence-electron chi connectivity index (χ4n) is 2.27. The number of aromatic nitrogens is 2. The predicted molar refractivity (Wildman–Crippen MR) is 69.1 cm³/mol. The Labute approximate surface area is 106 Å². The lowest BCUT2D eigenvalue weighted by molar-refractivity contribution is -0.136. The molecule has 0 atom stereocenters. The molecule has 94 valence electrons. The van der Waals surface area contributed by atoms with Gasteiger partial charge in [0, 0.05) is 6.20 Å². The van der Waals surface area contributed by atoms with Gasteiger partial charge in [-0.3, -0.25) is 4.79 Å². The molecule has 0 fully saturated rings. The van der Waals surface area contributed by atoms with Crippen LogP contribution in [0.4, 0.5) is 0 Å². The third-order valence-electron chi connectivity index (χ3n) is 2.84. The number of carboxylic acids is 1. The van der Waals surface area contributed by atoms with Gasteiger partial charge in [0.25, 0.3) is 0 Å². The SMILES string of the molecule is Cc1cc(C)c(-n2ccc(CC(=O)O)n2)c(C)c1. The molecular formula is C14H16N2O2. The summed E-state index contributed by atoms with van der Waals surface area (Å²) in [6.07, 6.45) is 1.76. The number of aliphatic carboxylic acids is 1. The van der Waals surface area contributed by atoms with E-state index < -0.39 is 5.97 Å². The van der Waals surface area contributed by atoms with Gasteiger partial charge < -0.3 is 5.11 Å². The van der Waals surface area contributed by atoms with E-state index >= 15 is 0 Å². The van der Waals surface area contributed by atoms with Gasteiger partial charge in [0.15, 0.2) is 0 Å². The number of carbonyl (C=O) groups is 1. The van der Waals surface area contributed by atoms with Gasteiger partial charge >= 0.3 is 5.97 Å². The average molecular weight is 244 g/mol. The van der Waals surface area contributed by atoms with E-state index in [-0.39, 0.29) is 6.42 Å². The van der Waals surface area contributed by atoms with E-state index in [0.717, 1.165) is 16.8 Å². The Morgan fingerprint density at radius 1 is 1.28 bits per heavy atom. The fraction of sp³-hybridized carbons (Fsp3) is 0.286. The minimum absolute atomic E-state index is 0.0447. The molecule has 0 spiro atoms. The number of hydrogen-bond donors (Lipinski definition) is 1. The van der Waals surface area contributed by atoms with Gasteiger partial charge in [-0.2, -0.15) is 5.10 Å². The molecule has 4 nitrogen and oxygen atoms in total. The third kappa shape index (κ3) is 2.42. The topological polar surface area (TPSA) is 55.1 Å². The maximum absolute atomic E-state index is 10.6. The van der Waals surface area contributed by atoms with Gasteiger partial charge in [-0.1, -0.05) is 17.7 Å². The van der Waals surface area contributed by atoms with Crippen LogP contribution in [0.1, 0.15) is 22.4 Å². The second-order valence-electron chi connectivity index (χ2n) is 4.57. The zero-order valence-corrected chi connectivity index (χ0v) is 10.8. The zero-order valence-electron chi connectivity index (χ0n) is 10.8. The van der Waals surface area contributed by atoms with Crippen LogP contribution in [0.15, 0.2) is 24.4 Å². The standard InChI is InChI=1S/C14H16N2O2/c1-9-6-10(2)14(11(3)7-9)16-5-4-12(15-16)8-13(17)18/h4-7H,8H2,1-3H3,(H,17,18). The van der Waals surface area contributed by atoms with Crippen molar-refractivity contribution in [3.8, 4) is 5.69 Å². The summed E-state index contributed by atoms with van der Waals surface area (Å²) in [5, 5.41) is 13.1. The van der Waals surface area contributed by atoms with Crippen molar-refractivity contribution in [3.05, 3.63) is 46.8 Å². The Morgan fingerprint density at radius 2 is 1.89 bits per heavy atom. The molecule has 0 aliphatic rings. The number of aryl methyl sites for hydroxylation is 3. The first-order valence-electron chi connectivity index (χ1n) is 5.82. The molecular weight excluding hydrogens is 228 g/mol. The fourth-order valence-corrected chi connectivity index (χ4v) is 2.27. The molecule has 0 aliphatic carbocycles. The highest BCUT2D eigenvalue weighted by atomic mass is 16.4. The Bertz CT molecular complexity index is 577. The van der Waals surface area contributed by atoms with Crippen molar-refractivity contribution in [1.82, 2.24) is 9.78 Å². The van der Waals surface area contributed by atoms with Crippen LogP contribution < -0.4 is 0 Å². The third-order valence-corrected chi connectivity index (χ3v) is 2.84. The van der Waals surface area contributed by atoms with Crippen LogP contribution in [0.25, 0.3) is 5.69 Å². The van der Waals surface area contributed by atoms with Crippen molar-refractivity contribution in [2.24, 2.45) is 0 Å². The summed E-state index contributed by atoms with van der Waals surface area (Å²) in [6, 6.07) is 5.94. The molecule has 0 unspecified atom stereocenters. The summed E-state index contributed by atoms with van der Waals surface area (Å²) in [5.74, 6) is -0.863. The highest BCUT2D eigenvalue weighted by molar-refractivity contribution is 5.69. The van der Waals surface area contributed by atoms with Gasteiger partial charge in [-0.05, 0) is 38.0 Å². The molecule has 2 aromatic rings. The number of hydrogen-bond acceptors (Lipinski definition) is 2. The summed E-state index contributed by atoms with van der Waals surface area (Å²) < 4.78 is 1.75. The molecule has 1 heterocycles. The molecule has 18 heavy (non-hydrogen) atoms. The molecule has 0 radical (unpaired) electrons. The molecule has 1 aromatic heterocycles. The number of rotatable bonds is 3. The van der Waals surface area contributed by atoms with E-state index in [0.29, 0.717) is 5.69 Å². The number of nitrogens with zero attached hydrogens (tertiary/aromatic N) is 2. The van der Waals surface area contributed by atoms with E-state index in [9.17, 15) is 4.79 Å². The zero-order chi connectivity index (χ0) is 13.3. The lowest BCUT2D eigenvalue weighted by Gasteiger charge is -2.11. The Hall–Kier alpha value is -2.10. The van der Waals surface area contributed by atoms with Crippen LogP contribution in [0.2, 0.25) is 0 Å². The molecule has 2 rings (SSSR count). The van der Waals surface area contributed by atoms with Gasteiger partial charge in [0.2, 0.25) is 0 Å². The van der Waals surface area contributed by atoms with Crippen LogP contribution in [-0.4, -0.2) is 20.9 Å². The van der Waals surface area contributed by atoms with Gasteiger partial charge in [-0.15, -0.1) is 0 Å². The highest BCUT2D eigenvalue weighted by Crippen LogP contribution is 2.20. The highest BCUT2D eigenvalue weighted by Gasteiger charge is 2.09. The van der Waals surface area contributed by atoms with E-state index in [1.54, 1.807) is 10.7 Å². The van der Waals surface area contributed by atoms with Crippen molar-refractivity contribution < 1.29 is 9.90 Å². The molecule has 0 saturated heterocycles. The summed E-state index contributed by atoms with van der Waals surface area (Å²) in [4.78, 5) is 10.6. The van der Waals surface area contributed by atoms with Crippen LogP contribution >= 0.6 is 0 Å². The maximum atomic E-state index is 10.6. The molecule has 1 aromatic carbocycles. The van der Waals surface area contributed by atoms with E-state index in [2.05, 4.69) is 24.2 Å². The molecule has 4 heteroatoms. The van der Waals surface area contributed by atoms with Crippen molar-refractivity contribution in [3.63, 3.8) is 0 Å². The quantitative estimate of drug-likeness (QED) is 0.902. The molecule has 0 bridgehead atoms. The largest absolute Gasteiger partial charge is 0.481 e. The van der Waals surface area contributed by atoms with E-state index in [4.69, 9.17) is 5.11 Å². The van der Waals surface area contributed by atoms with Crippen molar-refractivity contribution in [2.75, 3.05) is 0 Å². The average Bonchev–Trinajstić information content (AvgIpc) is 2.63. The van der Waals surface area contributed by atoms with Crippen LogP contribution in [0, 0.1) is 20.8 Å². The summed E-state index contributed by atoms with van der Waals surface area (Å²) in [6.45, 7) is 6.13. The summed E-state index contributed by atoms with van der Waals surface area (Å²) in [5.41, 5.74) is 5.08. The Kier molecular flexibility index (Phi) is 3.19. The Morgan fingerprint density at radius 3 is 2.44 bits per heavy atom. The van der Waals surface area contributed by atoms with Crippen molar-refractivity contribution in [2.45, 2.75) is 27.2 Å². The smallest absolute Gasteiger partial charge is 0.309 e. The second-order valence-corrected chi connectivity index (χ2v) is 4.57. The van der Waals surface area contributed by atoms with Crippen molar-refractivity contribution in [1.29, 1.82) is 0 Å². The summed E-state index contributed by atoms with van der Waals surface area (Å²) in [7, 11) is 0. The normalized spacial score (nSPS) is 10.6. The second kappa shape index (κ2) is 4.64. The first-order chi connectivity index (χ1) is 8.47. The minimum atomic E-state index is -0.863.